The highest BCUT2D eigenvalue weighted by molar-refractivity contribution is 5.65. The maximum atomic E-state index is 11.1. The third-order valence-electron chi connectivity index (χ3n) is 4.96. The molecule has 2 fully saturated rings. The molecule has 7 heteroatoms. The van der Waals surface area contributed by atoms with Gasteiger partial charge in [-0.05, 0) is 42.5 Å². The van der Waals surface area contributed by atoms with Crippen LogP contribution in [0.3, 0.4) is 0 Å². The van der Waals surface area contributed by atoms with E-state index in [4.69, 9.17) is 19.8 Å². The predicted octanol–water partition coefficient (Wildman–Crippen LogP) is 1.89. The fourth-order valence-corrected chi connectivity index (χ4v) is 3.87. The van der Waals surface area contributed by atoms with Crippen molar-refractivity contribution in [2.75, 3.05) is 52.5 Å². The summed E-state index contributed by atoms with van der Waals surface area (Å²) >= 11 is 0. The minimum Gasteiger partial charge on any atom is -0.491 e. The lowest BCUT2D eigenvalue weighted by Gasteiger charge is -2.44. The van der Waals surface area contributed by atoms with Gasteiger partial charge >= 0.3 is 6.09 Å². The van der Waals surface area contributed by atoms with Crippen LogP contribution in [0.4, 0.5) is 4.79 Å². The minimum absolute atomic E-state index is 0.443. The van der Waals surface area contributed by atoms with Crippen molar-refractivity contribution in [3.63, 3.8) is 0 Å². The highest BCUT2D eigenvalue weighted by Crippen LogP contribution is 2.28. The molecule has 0 radical (unpaired) electrons. The number of amides is 1. The maximum Gasteiger partial charge on any atom is 0.407 e. The lowest BCUT2D eigenvalue weighted by atomic mass is 9.85. The summed E-state index contributed by atoms with van der Waals surface area (Å²) in [7, 11) is 0. The fourth-order valence-electron chi connectivity index (χ4n) is 3.87. The van der Waals surface area contributed by atoms with Crippen molar-refractivity contribution >= 4 is 6.09 Å². The van der Waals surface area contributed by atoms with Crippen LogP contribution in [0, 0.1) is 23.2 Å². The number of rotatable bonds is 7. The Morgan fingerprint density at radius 1 is 1.12 bits per heavy atom. The summed E-state index contributed by atoms with van der Waals surface area (Å²) in [5, 5.41) is 17.9. The predicted molar refractivity (Wildman–Crippen MR) is 95.1 cm³/mol. The van der Waals surface area contributed by atoms with E-state index in [1.165, 1.54) is 0 Å². The van der Waals surface area contributed by atoms with E-state index in [9.17, 15) is 4.79 Å². The summed E-state index contributed by atoms with van der Waals surface area (Å²) in [4.78, 5) is 15.1. The first kappa shape index (κ1) is 18.5. The maximum absolute atomic E-state index is 11.1. The van der Waals surface area contributed by atoms with E-state index in [1.54, 1.807) is 29.2 Å². The van der Waals surface area contributed by atoms with Gasteiger partial charge in [0.2, 0.25) is 0 Å². The van der Waals surface area contributed by atoms with E-state index in [2.05, 4.69) is 11.0 Å². The molecule has 2 heterocycles. The number of carboxylic acid groups (broad SMARTS) is 1. The van der Waals surface area contributed by atoms with Gasteiger partial charge in [0.1, 0.15) is 12.4 Å². The molecule has 0 saturated carbocycles. The number of hydrogen-bond donors (Lipinski definition) is 1. The average Bonchev–Trinajstić information content (AvgIpc) is 2.64. The van der Waals surface area contributed by atoms with Crippen LogP contribution in [0.25, 0.3) is 0 Å². The summed E-state index contributed by atoms with van der Waals surface area (Å²) in [6.45, 7) is 5.73. The average molecular weight is 359 g/mol. The second-order valence-corrected chi connectivity index (χ2v) is 7.01. The lowest BCUT2D eigenvalue weighted by Crippen LogP contribution is -2.54. The zero-order valence-corrected chi connectivity index (χ0v) is 14.8. The van der Waals surface area contributed by atoms with Gasteiger partial charge < -0.3 is 24.4 Å². The highest BCUT2D eigenvalue weighted by Gasteiger charge is 2.35. The van der Waals surface area contributed by atoms with Crippen LogP contribution >= 0.6 is 0 Å². The molecule has 0 aliphatic carbocycles. The van der Waals surface area contributed by atoms with Crippen LogP contribution in [-0.2, 0) is 4.74 Å². The first-order valence-electron chi connectivity index (χ1n) is 9.05. The largest absolute Gasteiger partial charge is 0.491 e. The van der Waals surface area contributed by atoms with Gasteiger partial charge in [-0.3, -0.25) is 0 Å². The smallest absolute Gasteiger partial charge is 0.407 e. The van der Waals surface area contributed by atoms with E-state index in [0.717, 1.165) is 31.8 Å². The van der Waals surface area contributed by atoms with Crippen molar-refractivity contribution in [1.29, 1.82) is 5.26 Å². The fraction of sp³-hybridized carbons (Fsp3) is 0.579. The summed E-state index contributed by atoms with van der Waals surface area (Å²) < 4.78 is 11.2. The molecule has 7 nitrogen and oxygen atoms in total. The van der Waals surface area contributed by atoms with Crippen LogP contribution in [0.2, 0.25) is 0 Å². The Morgan fingerprint density at radius 3 is 2.42 bits per heavy atom. The second kappa shape index (κ2) is 8.88. The molecule has 0 spiro atoms. The Morgan fingerprint density at radius 2 is 1.81 bits per heavy atom. The van der Waals surface area contributed by atoms with Crippen molar-refractivity contribution in [2.45, 2.75) is 6.42 Å². The normalized spacial score (nSPS) is 22.7. The van der Waals surface area contributed by atoms with E-state index in [-0.39, 0.29) is 0 Å². The number of carbonyl (C=O) groups is 1. The molecular weight excluding hydrogens is 334 g/mol. The lowest BCUT2D eigenvalue weighted by molar-refractivity contribution is 0.0152. The van der Waals surface area contributed by atoms with Crippen LogP contribution in [0.1, 0.15) is 12.0 Å². The standard InChI is InChI=1S/C19H25N3O4/c20-10-15-1-3-18(4-2-15)26-8-7-25-6-5-21-11-16-9-17(12-21)14-22(13-16)19(23)24/h1-4,16-17H,5-9,11-14H2,(H,23,24). The number of benzene rings is 1. The molecule has 2 aliphatic heterocycles. The second-order valence-electron chi connectivity index (χ2n) is 7.01. The Labute approximate surface area is 153 Å². The van der Waals surface area contributed by atoms with Crippen molar-refractivity contribution in [2.24, 2.45) is 11.8 Å². The van der Waals surface area contributed by atoms with Crippen LogP contribution in [0.5, 0.6) is 5.75 Å². The minimum atomic E-state index is -0.793. The summed E-state index contributed by atoms with van der Waals surface area (Å²) in [5.41, 5.74) is 0.617. The molecule has 1 amide bonds. The molecule has 1 N–H and O–H groups in total. The SMILES string of the molecule is N#Cc1ccc(OCCOCCN2CC3CC(C2)CN(C(=O)O)C3)cc1. The number of likely N-dealkylation sites (tertiary alicyclic amines) is 2. The number of fused-ring (bicyclic) bond motifs is 2. The quantitative estimate of drug-likeness (QED) is 0.748. The Hall–Kier alpha value is -2.30. The van der Waals surface area contributed by atoms with E-state index >= 15 is 0 Å². The molecule has 26 heavy (non-hydrogen) atoms. The molecule has 2 atom stereocenters. The van der Waals surface area contributed by atoms with Gasteiger partial charge in [-0.15, -0.1) is 0 Å². The van der Waals surface area contributed by atoms with Crippen LogP contribution in [0.15, 0.2) is 24.3 Å². The third-order valence-corrected chi connectivity index (χ3v) is 4.96. The molecule has 3 rings (SSSR count). The first-order valence-corrected chi connectivity index (χ1v) is 9.05. The molecule has 1 aromatic carbocycles. The molecule has 0 aromatic heterocycles. The van der Waals surface area contributed by atoms with Crippen molar-refractivity contribution in [1.82, 2.24) is 9.80 Å². The molecule has 2 unspecified atom stereocenters. The molecule has 140 valence electrons. The van der Waals surface area contributed by atoms with Crippen molar-refractivity contribution < 1.29 is 19.4 Å². The molecule has 2 aliphatic rings. The van der Waals surface area contributed by atoms with E-state index < -0.39 is 6.09 Å². The third kappa shape index (κ3) is 5.10. The molecular formula is C19H25N3O4. The van der Waals surface area contributed by atoms with Crippen LogP contribution in [-0.4, -0.2) is 73.5 Å². The van der Waals surface area contributed by atoms with E-state index in [1.807, 2.05) is 0 Å². The Kier molecular flexibility index (Phi) is 6.31. The number of hydrogen-bond acceptors (Lipinski definition) is 5. The summed E-state index contributed by atoms with van der Waals surface area (Å²) in [6, 6.07) is 9.10. The molecule has 2 bridgehead atoms. The number of nitrogens with zero attached hydrogens (tertiary/aromatic N) is 3. The van der Waals surface area contributed by atoms with Gasteiger partial charge in [0, 0.05) is 32.7 Å². The van der Waals surface area contributed by atoms with Gasteiger partial charge in [0.05, 0.1) is 24.8 Å². The number of piperidine rings is 2. The van der Waals surface area contributed by atoms with Crippen LogP contribution < -0.4 is 4.74 Å². The Bertz CT molecular complexity index is 629. The van der Waals surface area contributed by atoms with Gasteiger partial charge in [-0.2, -0.15) is 5.26 Å². The van der Waals surface area contributed by atoms with Gasteiger partial charge in [-0.1, -0.05) is 0 Å². The summed E-state index contributed by atoms with van der Waals surface area (Å²) in [5.74, 6) is 1.62. The van der Waals surface area contributed by atoms with Crippen molar-refractivity contribution in [3.8, 4) is 11.8 Å². The zero-order valence-electron chi connectivity index (χ0n) is 14.8. The van der Waals surface area contributed by atoms with Crippen molar-refractivity contribution in [3.05, 3.63) is 29.8 Å². The highest BCUT2D eigenvalue weighted by atomic mass is 16.5. The monoisotopic (exact) mass is 359 g/mol. The first-order chi connectivity index (χ1) is 12.6. The molecule has 1 aromatic rings. The van der Waals surface area contributed by atoms with E-state index in [0.29, 0.717) is 50.3 Å². The Balaban J connectivity index is 1.29. The topological polar surface area (TPSA) is 86.0 Å². The summed E-state index contributed by atoms with van der Waals surface area (Å²) in [6.07, 6.45) is 0.346. The van der Waals surface area contributed by atoms with Gasteiger partial charge in [0.25, 0.3) is 0 Å². The van der Waals surface area contributed by atoms with Gasteiger partial charge in [0.15, 0.2) is 0 Å². The zero-order chi connectivity index (χ0) is 18.4. The number of nitriles is 1. The van der Waals surface area contributed by atoms with Gasteiger partial charge in [-0.25, -0.2) is 4.79 Å². The number of ether oxygens (including phenoxy) is 2. The molecule has 2 saturated heterocycles.